The summed E-state index contributed by atoms with van der Waals surface area (Å²) in [6.07, 6.45) is 0.182. The molecular weight excluding hydrogens is 276 g/mol. The van der Waals surface area contributed by atoms with E-state index in [0.29, 0.717) is 6.42 Å². The first-order chi connectivity index (χ1) is 8.18. The average Bonchev–Trinajstić information content (AvgIpc) is 2.32. The van der Waals surface area contributed by atoms with Gasteiger partial charge in [-0.3, -0.25) is 0 Å². The molecule has 0 spiro atoms. The molecule has 0 aliphatic rings. The molecule has 2 rings (SSSR count). The molecule has 0 amide bonds. The fourth-order valence-corrected chi connectivity index (χ4v) is 2.39. The minimum Gasteiger partial charge on any atom is -0.388 e. The molecule has 1 atom stereocenters. The molecule has 1 unspecified atom stereocenters. The minimum atomic E-state index is -0.449. The zero-order valence-corrected chi connectivity index (χ0v) is 11.3. The molecule has 17 heavy (non-hydrogen) atoms. The van der Waals surface area contributed by atoms with E-state index in [1.807, 2.05) is 55.5 Å². The smallest absolute Gasteiger partial charge is 0.0833 e. The molecule has 2 aromatic rings. The van der Waals surface area contributed by atoms with Crippen LogP contribution in [-0.4, -0.2) is 5.11 Å². The van der Waals surface area contributed by atoms with Crippen molar-refractivity contribution in [3.05, 3.63) is 69.7 Å². The Morgan fingerprint density at radius 2 is 1.71 bits per heavy atom. The molecule has 0 aromatic heterocycles. The Morgan fingerprint density at radius 1 is 1.06 bits per heavy atom. The Hall–Kier alpha value is -1.12. The van der Waals surface area contributed by atoms with Gasteiger partial charge in [0.1, 0.15) is 0 Å². The number of hydrogen-bond acceptors (Lipinski definition) is 1. The summed E-state index contributed by atoms with van der Waals surface area (Å²) in [5.41, 5.74) is 3.26. The van der Waals surface area contributed by atoms with E-state index in [-0.39, 0.29) is 0 Å². The van der Waals surface area contributed by atoms with Crippen LogP contribution in [0.25, 0.3) is 0 Å². The molecule has 0 saturated heterocycles. The monoisotopic (exact) mass is 290 g/mol. The minimum absolute atomic E-state index is 0.449. The third kappa shape index (κ3) is 2.96. The molecule has 88 valence electrons. The number of rotatable bonds is 3. The van der Waals surface area contributed by atoms with E-state index in [2.05, 4.69) is 15.9 Å². The van der Waals surface area contributed by atoms with Crippen LogP contribution in [0.2, 0.25) is 0 Å². The Kier molecular flexibility index (Phi) is 3.97. The van der Waals surface area contributed by atoms with Gasteiger partial charge in [0.25, 0.3) is 0 Å². The number of hydrogen-bond donors (Lipinski definition) is 1. The highest BCUT2D eigenvalue weighted by Crippen LogP contribution is 2.25. The maximum absolute atomic E-state index is 10.3. The topological polar surface area (TPSA) is 20.2 Å². The Labute approximate surface area is 110 Å². The fourth-order valence-electron chi connectivity index (χ4n) is 1.94. The van der Waals surface area contributed by atoms with Crippen molar-refractivity contribution in [2.45, 2.75) is 19.4 Å². The van der Waals surface area contributed by atoms with Gasteiger partial charge in [0.05, 0.1) is 6.10 Å². The van der Waals surface area contributed by atoms with Gasteiger partial charge in [-0.25, -0.2) is 0 Å². The van der Waals surface area contributed by atoms with Gasteiger partial charge in [0.15, 0.2) is 0 Å². The summed E-state index contributed by atoms with van der Waals surface area (Å²) < 4.78 is 1.05. The van der Waals surface area contributed by atoms with Crippen LogP contribution >= 0.6 is 15.9 Å². The van der Waals surface area contributed by atoms with Crippen LogP contribution in [0.3, 0.4) is 0 Å². The van der Waals surface area contributed by atoms with Crippen LogP contribution in [0.15, 0.2) is 53.0 Å². The van der Waals surface area contributed by atoms with Gasteiger partial charge in [0, 0.05) is 10.9 Å². The van der Waals surface area contributed by atoms with Gasteiger partial charge < -0.3 is 5.11 Å². The molecule has 2 heteroatoms. The van der Waals surface area contributed by atoms with E-state index >= 15 is 0 Å². The largest absolute Gasteiger partial charge is 0.388 e. The first kappa shape index (κ1) is 12.3. The van der Waals surface area contributed by atoms with Crippen molar-refractivity contribution < 1.29 is 5.11 Å². The van der Waals surface area contributed by atoms with Gasteiger partial charge in [0.2, 0.25) is 0 Å². The van der Waals surface area contributed by atoms with Crippen LogP contribution in [0, 0.1) is 6.92 Å². The summed E-state index contributed by atoms with van der Waals surface area (Å²) in [5, 5.41) is 10.3. The molecule has 0 saturated carbocycles. The van der Waals surface area contributed by atoms with Crippen molar-refractivity contribution in [3.8, 4) is 0 Å². The number of aliphatic hydroxyl groups is 1. The number of aliphatic hydroxyl groups excluding tert-OH is 1. The molecular formula is C15H15BrO. The molecule has 0 radical (unpaired) electrons. The molecule has 0 aliphatic heterocycles. The average molecular weight is 291 g/mol. The summed E-state index contributed by atoms with van der Waals surface area (Å²) in [6, 6.07) is 16.0. The van der Waals surface area contributed by atoms with Crippen molar-refractivity contribution >= 4 is 15.9 Å². The van der Waals surface area contributed by atoms with E-state index in [4.69, 9.17) is 0 Å². The van der Waals surface area contributed by atoms with Crippen molar-refractivity contribution in [1.29, 1.82) is 0 Å². The van der Waals surface area contributed by atoms with Gasteiger partial charge in [-0.05, 0) is 29.7 Å². The Balaban J connectivity index is 2.20. The number of aryl methyl sites for hydroxylation is 1. The number of halogens is 1. The maximum Gasteiger partial charge on any atom is 0.0833 e. The summed E-state index contributed by atoms with van der Waals surface area (Å²) in [4.78, 5) is 0. The van der Waals surface area contributed by atoms with E-state index in [1.165, 1.54) is 0 Å². The predicted octanol–water partition coefficient (Wildman–Crippen LogP) is 4.03. The summed E-state index contributed by atoms with van der Waals surface area (Å²) in [5.74, 6) is 0. The van der Waals surface area contributed by atoms with E-state index in [0.717, 1.165) is 21.2 Å². The zero-order chi connectivity index (χ0) is 12.3. The molecule has 0 bridgehead atoms. The first-order valence-electron chi connectivity index (χ1n) is 5.65. The molecule has 0 aliphatic carbocycles. The quantitative estimate of drug-likeness (QED) is 0.905. The van der Waals surface area contributed by atoms with E-state index in [9.17, 15) is 5.11 Å². The van der Waals surface area contributed by atoms with Gasteiger partial charge in [-0.2, -0.15) is 0 Å². The lowest BCUT2D eigenvalue weighted by Crippen LogP contribution is -2.04. The highest BCUT2D eigenvalue weighted by Gasteiger charge is 2.11. The molecule has 1 nitrogen and oxygen atoms in total. The maximum atomic E-state index is 10.3. The lowest BCUT2D eigenvalue weighted by atomic mass is 9.98. The predicted molar refractivity (Wildman–Crippen MR) is 74.0 cm³/mol. The van der Waals surface area contributed by atoms with Gasteiger partial charge in [-0.15, -0.1) is 0 Å². The first-order valence-corrected chi connectivity index (χ1v) is 6.45. The lowest BCUT2D eigenvalue weighted by molar-refractivity contribution is 0.177. The lowest BCUT2D eigenvalue weighted by Gasteiger charge is -2.14. The Morgan fingerprint density at radius 3 is 2.41 bits per heavy atom. The summed E-state index contributed by atoms with van der Waals surface area (Å²) >= 11 is 3.50. The second kappa shape index (κ2) is 5.48. The highest BCUT2D eigenvalue weighted by atomic mass is 79.9. The highest BCUT2D eigenvalue weighted by molar-refractivity contribution is 9.10. The van der Waals surface area contributed by atoms with Crippen molar-refractivity contribution in [2.24, 2.45) is 0 Å². The molecule has 2 aromatic carbocycles. The third-order valence-corrected chi connectivity index (χ3v) is 3.69. The third-order valence-electron chi connectivity index (χ3n) is 2.92. The Bertz CT molecular complexity index is 508. The van der Waals surface area contributed by atoms with Crippen molar-refractivity contribution in [3.63, 3.8) is 0 Å². The van der Waals surface area contributed by atoms with Gasteiger partial charge in [-0.1, -0.05) is 58.4 Å². The molecule has 1 N–H and O–H groups in total. The van der Waals surface area contributed by atoms with Gasteiger partial charge >= 0.3 is 0 Å². The fraction of sp³-hybridized carbons (Fsp3) is 0.200. The molecule has 0 heterocycles. The van der Waals surface area contributed by atoms with Crippen LogP contribution in [0.1, 0.15) is 22.8 Å². The molecule has 0 fully saturated rings. The summed E-state index contributed by atoms with van der Waals surface area (Å²) in [7, 11) is 0. The number of benzene rings is 2. The second-order valence-electron chi connectivity index (χ2n) is 4.17. The normalized spacial score (nSPS) is 12.4. The van der Waals surface area contributed by atoms with Crippen molar-refractivity contribution in [1.82, 2.24) is 0 Å². The van der Waals surface area contributed by atoms with E-state index in [1.54, 1.807) is 0 Å². The van der Waals surface area contributed by atoms with Crippen LogP contribution in [0.4, 0.5) is 0 Å². The van der Waals surface area contributed by atoms with Crippen LogP contribution in [-0.2, 0) is 6.42 Å². The van der Waals surface area contributed by atoms with Crippen LogP contribution in [0.5, 0.6) is 0 Å². The van der Waals surface area contributed by atoms with E-state index < -0.39 is 6.10 Å². The SMILES string of the molecule is Cc1ccccc1C(O)Cc1ccccc1Br. The standard InChI is InChI=1S/C15H15BrO/c1-11-6-2-4-8-13(11)15(17)10-12-7-3-5-9-14(12)16/h2-9,15,17H,10H2,1H3. The zero-order valence-electron chi connectivity index (χ0n) is 9.73. The summed E-state index contributed by atoms with van der Waals surface area (Å²) in [6.45, 7) is 2.03. The van der Waals surface area contributed by atoms with Crippen LogP contribution < -0.4 is 0 Å². The second-order valence-corrected chi connectivity index (χ2v) is 5.02. The van der Waals surface area contributed by atoms with Crippen molar-refractivity contribution in [2.75, 3.05) is 0 Å².